The number of carbonyl (C=O) groups is 1. The Kier molecular flexibility index (Phi) is 9.23. The average Bonchev–Trinajstić information content (AvgIpc) is 3.57. The van der Waals surface area contributed by atoms with Crippen molar-refractivity contribution < 1.29 is 28.2 Å². The van der Waals surface area contributed by atoms with Gasteiger partial charge in [-0.05, 0) is 54.9 Å². The summed E-state index contributed by atoms with van der Waals surface area (Å²) in [5, 5.41) is 20.8. The van der Waals surface area contributed by atoms with E-state index in [1.165, 1.54) is 33.6 Å². The summed E-state index contributed by atoms with van der Waals surface area (Å²) in [6, 6.07) is 13.6. The van der Waals surface area contributed by atoms with Crippen LogP contribution in [0.15, 0.2) is 73.3 Å². The first kappa shape index (κ1) is 29.6. The zero-order valence-electron chi connectivity index (χ0n) is 23.7. The molecule has 0 unspecified atom stereocenters. The van der Waals surface area contributed by atoms with E-state index < -0.39 is 12.5 Å². The Balaban J connectivity index is 1.44. The molecular formula is C30H31F2N7O4. The molecular weight excluding hydrogens is 560 g/mol. The normalized spacial score (nSPS) is 11.4. The molecule has 0 saturated heterocycles. The predicted octanol–water partition coefficient (Wildman–Crippen LogP) is 4.98. The lowest BCUT2D eigenvalue weighted by molar-refractivity contribution is -0.0494. The van der Waals surface area contributed by atoms with Gasteiger partial charge in [0.05, 0.1) is 24.1 Å². The molecule has 43 heavy (non-hydrogen) atoms. The summed E-state index contributed by atoms with van der Waals surface area (Å²) < 4.78 is 40.6. The van der Waals surface area contributed by atoms with E-state index in [-0.39, 0.29) is 34.9 Å². The van der Waals surface area contributed by atoms with Gasteiger partial charge in [-0.3, -0.25) is 14.4 Å². The number of aromatic nitrogens is 5. The van der Waals surface area contributed by atoms with Crippen LogP contribution in [0.4, 0.5) is 14.5 Å². The lowest BCUT2D eigenvalue weighted by Gasteiger charge is -2.21. The van der Waals surface area contributed by atoms with Crippen LogP contribution < -0.4 is 14.8 Å². The van der Waals surface area contributed by atoms with Crippen LogP contribution in [0.5, 0.6) is 17.2 Å². The lowest BCUT2D eigenvalue weighted by atomic mass is 10.1. The molecule has 1 amide bonds. The van der Waals surface area contributed by atoms with E-state index in [9.17, 15) is 18.7 Å². The number of ether oxygens (including phenoxy) is 2. The molecule has 0 bridgehead atoms. The Morgan fingerprint density at radius 3 is 2.77 bits per heavy atom. The Hall–Kier alpha value is -4.88. The van der Waals surface area contributed by atoms with Crippen LogP contribution in [0.1, 0.15) is 29.3 Å². The number of alkyl halides is 2. The van der Waals surface area contributed by atoms with Gasteiger partial charge in [-0.2, -0.15) is 19.0 Å². The summed E-state index contributed by atoms with van der Waals surface area (Å²) in [5.74, 6) is 0.259. The minimum Gasteiger partial charge on any atom is -0.457 e. The number of nitrogens with zero attached hydrogens (tertiary/aromatic N) is 6. The number of amides is 1. The monoisotopic (exact) mass is 591 g/mol. The highest BCUT2D eigenvalue weighted by molar-refractivity contribution is 6.09. The smallest absolute Gasteiger partial charge is 0.387 e. The van der Waals surface area contributed by atoms with Gasteiger partial charge < -0.3 is 19.9 Å². The van der Waals surface area contributed by atoms with Crippen molar-refractivity contribution in [2.45, 2.75) is 26.5 Å². The van der Waals surface area contributed by atoms with E-state index in [0.29, 0.717) is 30.2 Å². The summed E-state index contributed by atoms with van der Waals surface area (Å²) in [5.41, 5.74) is 2.25. The van der Waals surface area contributed by atoms with Gasteiger partial charge in [-0.25, -0.2) is 9.50 Å². The fourth-order valence-electron chi connectivity index (χ4n) is 4.74. The predicted molar refractivity (Wildman–Crippen MR) is 155 cm³/mol. The molecule has 0 spiro atoms. The number of fused-ring (bicyclic) bond motifs is 1. The molecule has 13 heteroatoms. The van der Waals surface area contributed by atoms with Crippen molar-refractivity contribution in [3.05, 3.63) is 84.4 Å². The second-order valence-electron chi connectivity index (χ2n) is 9.75. The molecule has 0 fully saturated rings. The second-order valence-corrected chi connectivity index (χ2v) is 9.75. The Morgan fingerprint density at radius 1 is 1.14 bits per heavy atom. The highest BCUT2D eigenvalue weighted by Crippen LogP contribution is 2.39. The number of aliphatic hydroxyl groups is 1. The van der Waals surface area contributed by atoms with Crippen LogP contribution in [0, 0.1) is 0 Å². The number of rotatable bonds is 13. The maximum atomic E-state index is 13.4. The quantitative estimate of drug-likeness (QED) is 0.197. The molecule has 0 aliphatic carbocycles. The Morgan fingerprint density at radius 2 is 1.98 bits per heavy atom. The van der Waals surface area contributed by atoms with E-state index >= 15 is 0 Å². The second kappa shape index (κ2) is 13.4. The number of hydrogen-bond acceptors (Lipinski definition) is 8. The maximum absolute atomic E-state index is 13.4. The molecule has 3 heterocycles. The minimum atomic E-state index is -3.08. The summed E-state index contributed by atoms with van der Waals surface area (Å²) in [6.07, 6.45) is 7.13. The fraction of sp³-hybridized carbons (Fsp3) is 0.267. The van der Waals surface area contributed by atoms with E-state index in [4.69, 9.17) is 9.47 Å². The number of hydrogen-bond donors (Lipinski definition) is 2. The van der Waals surface area contributed by atoms with Crippen LogP contribution in [0.2, 0.25) is 0 Å². The van der Waals surface area contributed by atoms with Gasteiger partial charge in [0.25, 0.3) is 5.91 Å². The van der Waals surface area contributed by atoms with Crippen molar-refractivity contribution in [3.63, 3.8) is 0 Å². The van der Waals surface area contributed by atoms with Crippen molar-refractivity contribution in [2.75, 3.05) is 25.0 Å². The molecule has 2 N–H and O–H groups in total. The number of halogens is 2. The van der Waals surface area contributed by atoms with Gasteiger partial charge in [-0.1, -0.05) is 19.1 Å². The largest absolute Gasteiger partial charge is 0.457 e. The molecule has 5 aromatic rings. The van der Waals surface area contributed by atoms with Crippen molar-refractivity contribution in [1.29, 1.82) is 0 Å². The maximum Gasteiger partial charge on any atom is 0.387 e. The van der Waals surface area contributed by atoms with Gasteiger partial charge in [0.1, 0.15) is 28.5 Å². The number of benzene rings is 2. The summed E-state index contributed by atoms with van der Waals surface area (Å²) in [7, 11) is 1.65. The fourth-order valence-corrected chi connectivity index (χ4v) is 4.74. The molecule has 0 aliphatic heterocycles. The van der Waals surface area contributed by atoms with E-state index in [1.54, 1.807) is 37.8 Å². The first-order chi connectivity index (χ1) is 20.8. The van der Waals surface area contributed by atoms with Crippen LogP contribution in [-0.2, 0) is 13.6 Å². The molecule has 0 aliphatic rings. The van der Waals surface area contributed by atoms with Crippen LogP contribution in [0.25, 0.3) is 16.9 Å². The van der Waals surface area contributed by atoms with Crippen molar-refractivity contribution in [2.24, 2.45) is 7.05 Å². The first-order valence-corrected chi connectivity index (χ1v) is 13.7. The van der Waals surface area contributed by atoms with E-state index in [2.05, 4.69) is 32.3 Å². The van der Waals surface area contributed by atoms with Gasteiger partial charge in [0.2, 0.25) is 0 Å². The molecule has 2 aromatic carbocycles. The highest BCUT2D eigenvalue weighted by atomic mass is 19.3. The molecule has 0 atom stereocenters. The Labute approximate surface area is 246 Å². The summed E-state index contributed by atoms with van der Waals surface area (Å²) >= 11 is 0. The molecule has 0 saturated carbocycles. The number of nitrogens with one attached hydrogen (secondary N) is 1. The van der Waals surface area contributed by atoms with Crippen LogP contribution >= 0.6 is 0 Å². The molecule has 11 nitrogen and oxygen atoms in total. The van der Waals surface area contributed by atoms with Gasteiger partial charge in [-0.15, -0.1) is 0 Å². The standard InChI is InChI=1S/C30H31F2N7O4/c1-3-11-38(13-14-40)18-20-6-4-7-21(15-20)42-22-8-9-26(43-30(31)32)23(16-22)27-25(19-37(2)36-27)35-29(41)24-17-34-39-12-5-10-33-28(24)39/h4-10,12,15-17,19,30,40H,3,11,13-14,18H2,1-2H3,(H,35,41). The SMILES string of the molecule is CCCN(CCO)Cc1cccc(Oc2ccc(OC(F)F)c(-c3nn(C)cc3NC(=O)c3cnn4cccnc34)c2)c1. The minimum absolute atomic E-state index is 0.0675. The van der Waals surface area contributed by atoms with E-state index in [1.807, 2.05) is 18.2 Å². The zero-order chi connectivity index (χ0) is 30.3. The van der Waals surface area contributed by atoms with Crippen LogP contribution in [0.3, 0.4) is 0 Å². The van der Waals surface area contributed by atoms with Crippen molar-refractivity contribution in [1.82, 2.24) is 29.3 Å². The third-order valence-electron chi connectivity index (χ3n) is 6.52. The number of anilines is 1. The Bertz CT molecular complexity index is 1700. The van der Waals surface area contributed by atoms with Crippen molar-refractivity contribution >= 4 is 17.2 Å². The highest BCUT2D eigenvalue weighted by Gasteiger charge is 2.22. The molecule has 224 valence electrons. The van der Waals surface area contributed by atoms with E-state index in [0.717, 1.165) is 18.5 Å². The molecule has 3 aromatic heterocycles. The topological polar surface area (TPSA) is 119 Å². The lowest BCUT2D eigenvalue weighted by Crippen LogP contribution is -2.27. The van der Waals surface area contributed by atoms with Crippen molar-refractivity contribution in [3.8, 4) is 28.5 Å². The number of aryl methyl sites for hydroxylation is 1. The number of carbonyl (C=O) groups excluding carboxylic acids is 1. The average molecular weight is 592 g/mol. The van der Waals surface area contributed by atoms with Gasteiger partial charge >= 0.3 is 6.61 Å². The summed E-state index contributed by atoms with van der Waals surface area (Å²) in [6.45, 7) is 1.11. The number of aliphatic hydroxyl groups excluding tert-OH is 1. The van der Waals surface area contributed by atoms with Crippen LogP contribution in [-0.4, -0.2) is 66.6 Å². The third kappa shape index (κ3) is 7.13. The molecule has 0 radical (unpaired) electrons. The summed E-state index contributed by atoms with van der Waals surface area (Å²) in [4.78, 5) is 19.6. The zero-order valence-corrected chi connectivity index (χ0v) is 23.7. The third-order valence-corrected chi connectivity index (χ3v) is 6.52. The first-order valence-electron chi connectivity index (χ1n) is 13.7. The van der Waals surface area contributed by atoms with Gasteiger partial charge in [0.15, 0.2) is 5.65 Å². The van der Waals surface area contributed by atoms with Gasteiger partial charge in [0, 0.05) is 38.7 Å². The molecule has 5 rings (SSSR count).